The van der Waals surface area contributed by atoms with E-state index in [9.17, 15) is 4.79 Å². The van der Waals surface area contributed by atoms with Gasteiger partial charge in [0.25, 0.3) is 0 Å². The predicted molar refractivity (Wildman–Crippen MR) is 79.6 cm³/mol. The minimum Gasteiger partial charge on any atom is -0.392 e. The molecule has 0 spiro atoms. The summed E-state index contributed by atoms with van der Waals surface area (Å²) >= 11 is 5.19. The van der Waals surface area contributed by atoms with Crippen molar-refractivity contribution in [1.29, 1.82) is 0 Å². The SMILES string of the molecule is NC(=S)C(NC(=O)C1C2CCCC21)C1CCCCC1. The van der Waals surface area contributed by atoms with E-state index in [1.807, 2.05) is 0 Å². The van der Waals surface area contributed by atoms with Crippen molar-refractivity contribution in [2.75, 3.05) is 0 Å². The van der Waals surface area contributed by atoms with Crippen LogP contribution in [0.25, 0.3) is 0 Å². The van der Waals surface area contributed by atoms with E-state index in [1.54, 1.807) is 0 Å². The zero-order valence-electron chi connectivity index (χ0n) is 11.4. The topological polar surface area (TPSA) is 55.1 Å². The lowest BCUT2D eigenvalue weighted by atomic mass is 9.83. The van der Waals surface area contributed by atoms with Crippen molar-refractivity contribution in [3.63, 3.8) is 0 Å². The molecule has 3 nitrogen and oxygen atoms in total. The summed E-state index contributed by atoms with van der Waals surface area (Å²) in [6.45, 7) is 0. The van der Waals surface area contributed by atoms with Gasteiger partial charge in [0.05, 0.1) is 11.0 Å². The number of carbonyl (C=O) groups is 1. The third-order valence-electron chi connectivity index (χ3n) is 5.43. The van der Waals surface area contributed by atoms with Crippen molar-refractivity contribution in [3.05, 3.63) is 0 Å². The van der Waals surface area contributed by atoms with Gasteiger partial charge in [-0.25, -0.2) is 0 Å². The first kappa shape index (κ1) is 13.3. The van der Waals surface area contributed by atoms with Crippen LogP contribution in [0, 0.1) is 23.7 Å². The Kier molecular flexibility index (Phi) is 3.79. The van der Waals surface area contributed by atoms with Gasteiger partial charge < -0.3 is 11.1 Å². The fraction of sp³-hybridized carbons (Fsp3) is 0.867. The third kappa shape index (κ3) is 2.64. The van der Waals surface area contributed by atoms with Crippen molar-refractivity contribution in [3.8, 4) is 0 Å². The molecule has 0 aromatic heterocycles. The number of carbonyl (C=O) groups excluding carboxylic acids is 1. The molecular weight excluding hydrogens is 256 g/mol. The quantitative estimate of drug-likeness (QED) is 0.777. The normalized spacial score (nSPS) is 35.5. The Hall–Kier alpha value is -0.640. The van der Waals surface area contributed by atoms with Crippen LogP contribution in [0.4, 0.5) is 0 Å². The Morgan fingerprint density at radius 3 is 2.26 bits per heavy atom. The molecule has 4 heteroatoms. The number of nitrogens with one attached hydrogen (secondary N) is 1. The molecule has 1 amide bonds. The summed E-state index contributed by atoms with van der Waals surface area (Å²) in [5.74, 6) is 2.29. The second kappa shape index (κ2) is 5.39. The molecule has 3 fully saturated rings. The highest BCUT2D eigenvalue weighted by Crippen LogP contribution is 2.57. The number of hydrogen-bond donors (Lipinski definition) is 2. The lowest BCUT2D eigenvalue weighted by Crippen LogP contribution is -2.49. The molecule has 3 unspecified atom stereocenters. The highest BCUT2D eigenvalue weighted by atomic mass is 32.1. The number of hydrogen-bond acceptors (Lipinski definition) is 2. The summed E-state index contributed by atoms with van der Waals surface area (Å²) in [6.07, 6.45) is 9.89. The van der Waals surface area contributed by atoms with Gasteiger partial charge in [0.1, 0.15) is 0 Å². The highest BCUT2D eigenvalue weighted by Gasteiger charge is 2.56. The number of thiocarbonyl (C=S) groups is 1. The van der Waals surface area contributed by atoms with Gasteiger partial charge in [0.2, 0.25) is 5.91 Å². The highest BCUT2D eigenvalue weighted by molar-refractivity contribution is 7.80. The van der Waals surface area contributed by atoms with E-state index in [0.29, 0.717) is 22.7 Å². The Morgan fingerprint density at radius 1 is 1.05 bits per heavy atom. The van der Waals surface area contributed by atoms with E-state index in [-0.39, 0.29) is 17.9 Å². The Labute approximate surface area is 120 Å². The molecule has 0 heterocycles. The van der Waals surface area contributed by atoms with Gasteiger partial charge in [-0.3, -0.25) is 4.79 Å². The fourth-order valence-electron chi connectivity index (χ4n) is 4.35. The molecule has 0 aromatic carbocycles. The van der Waals surface area contributed by atoms with E-state index < -0.39 is 0 Å². The molecule has 0 saturated heterocycles. The zero-order valence-corrected chi connectivity index (χ0v) is 12.3. The number of amides is 1. The molecule has 3 atom stereocenters. The van der Waals surface area contributed by atoms with Gasteiger partial charge in [-0.05, 0) is 43.4 Å². The summed E-state index contributed by atoms with van der Waals surface area (Å²) in [5.41, 5.74) is 5.87. The zero-order chi connectivity index (χ0) is 13.4. The molecule has 19 heavy (non-hydrogen) atoms. The molecule has 3 rings (SSSR count). The minimum atomic E-state index is -0.0656. The lowest BCUT2D eigenvalue weighted by molar-refractivity contribution is -0.123. The van der Waals surface area contributed by atoms with Gasteiger partial charge in [0.15, 0.2) is 0 Å². The van der Waals surface area contributed by atoms with Crippen LogP contribution in [-0.2, 0) is 4.79 Å². The maximum absolute atomic E-state index is 12.4. The summed E-state index contributed by atoms with van der Waals surface area (Å²) in [5, 5.41) is 3.17. The van der Waals surface area contributed by atoms with Gasteiger partial charge in [-0.2, -0.15) is 0 Å². The number of fused-ring (bicyclic) bond motifs is 1. The van der Waals surface area contributed by atoms with Gasteiger partial charge >= 0.3 is 0 Å². The molecule has 3 N–H and O–H groups in total. The first-order valence-electron chi connectivity index (χ1n) is 7.78. The summed E-state index contributed by atoms with van der Waals surface area (Å²) in [6, 6.07) is -0.0656. The number of nitrogens with two attached hydrogens (primary N) is 1. The van der Waals surface area contributed by atoms with E-state index in [4.69, 9.17) is 18.0 Å². The van der Waals surface area contributed by atoms with Crippen LogP contribution in [0.1, 0.15) is 51.4 Å². The first-order valence-corrected chi connectivity index (χ1v) is 8.19. The van der Waals surface area contributed by atoms with E-state index >= 15 is 0 Å². The van der Waals surface area contributed by atoms with Crippen molar-refractivity contribution in [1.82, 2.24) is 5.32 Å². The van der Waals surface area contributed by atoms with Crippen LogP contribution in [0.2, 0.25) is 0 Å². The molecule has 0 aromatic rings. The second-order valence-corrected chi connectivity index (χ2v) is 7.04. The van der Waals surface area contributed by atoms with Crippen molar-refractivity contribution in [2.45, 2.75) is 57.4 Å². The van der Waals surface area contributed by atoms with Crippen molar-refractivity contribution < 1.29 is 4.79 Å². The molecular formula is C15H24N2OS. The Balaban J connectivity index is 1.58. The average Bonchev–Trinajstić information content (AvgIpc) is 2.90. The molecule has 3 aliphatic rings. The number of rotatable bonds is 4. The van der Waals surface area contributed by atoms with E-state index in [2.05, 4.69) is 5.32 Å². The summed E-state index contributed by atoms with van der Waals surface area (Å²) < 4.78 is 0. The van der Waals surface area contributed by atoms with Gasteiger partial charge in [-0.1, -0.05) is 37.9 Å². The van der Waals surface area contributed by atoms with E-state index in [0.717, 1.165) is 12.8 Å². The van der Waals surface area contributed by atoms with Gasteiger partial charge in [-0.15, -0.1) is 0 Å². The first-order chi connectivity index (χ1) is 9.18. The van der Waals surface area contributed by atoms with Crippen LogP contribution in [0.3, 0.4) is 0 Å². The maximum Gasteiger partial charge on any atom is 0.224 e. The largest absolute Gasteiger partial charge is 0.392 e. The molecule has 3 saturated carbocycles. The summed E-state index contributed by atoms with van der Waals surface area (Å²) in [4.78, 5) is 12.8. The van der Waals surface area contributed by atoms with E-state index in [1.165, 1.54) is 38.5 Å². The predicted octanol–water partition coefficient (Wildman–Crippen LogP) is 2.38. The van der Waals surface area contributed by atoms with Crippen LogP contribution < -0.4 is 11.1 Å². The molecule has 0 radical (unpaired) electrons. The molecule has 3 aliphatic carbocycles. The maximum atomic E-state index is 12.4. The third-order valence-corrected chi connectivity index (χ3v) is 5.69. The molecule has 0 aliphatic heterocycles. The van der Waals surface area contributed by atoms with Crippen LogP contribution in [-0.4, -0.2) is 16.9 Å². The van der Waals surface area contributed by atoms with Crippen molar-refractivity contribution in [2.24, 2.45) is 29.4 Å². The minimum absolute atomic E-state index is 0.0656. The Bertz CT molecular complexity index is 368. The molecule has 106 valence electrons. The van der Waals surface area contributed by atoms with Crippen molar-refractivity contribution >= 4 is 23.1 Å². The van der Waals surface area contributed by atoms with Crippen LogP contribution in [0.5, 0.6) is 0 Å². The standard InChI is InChI=1S/C15H24N2OS/c16-14(19)13(9-5-2-1-3-6-9)17-15(18)12-10-7-4-8-11(10)12/h9-13H,1-8H2,(H2,16,19)(H,17,18). The smallest absolute Gasteiger partial charge is 0.224 e. The van der Waals surface area contributed by atoms with Crippen LogP contribution in [0.15, 0.2) is 0 Å². The monoisotopic (exact) mass is 280 g/mol. The fourth-order valence-corrected chi connectivity index (χ4v) is 4.60. The second-order valence-electron chi connectivity index (χ2n) is 6.57. The molecule has 0 bridgehead atoms. The summed E-state index contributed by atoms with van der Waals surface area (Å²) in [7, 11) is 0. The lowest BCUT2D eigenvalue weighted by Gasteiger charge is -2.30. The van der Waals surface area contributed by atoms with Gasteiger partial charge in [0, 0.05) is 5.92 Å². The Morgan fingerprint density at radius 2 is 1.68 bits per heavy atom. The van der Waals surface area contributed by atoms with Crippen LogP contribution >= 0.6 is 12.2 Å². The average molecular weight is 280 g/mol.